The van der Waals surface area contributed by atoms with Crippen molar-refractivity contribution in [3.8, 4) is 23.0 Å². The predicted molar refractivity (Wildman–Crippen MR) is 221 cm³/mol. The number of nitrogens with zero attached hydrogens (tertiary/aromatic N) is 4. The number of anilines is 4. The molecule has 0 aliphatic heterocycles. The second-order valence-electron chi connectivity index (χ2n) is 12.9. The van der Waals surface area contributed by atoms with Crippen molar-refractivity contribution < 1.29 is 160 Å². The van der Waals surface area contributed by atoms with E-state index in [9.17, 15) is 66.9 Å². The zero-order valence-corrected chi connectivity index (χ0v) is 42.4. The second-order valence-corrected chi connectivity index (χ2v) is 18.4. The van der Waals surface area contributed by atoms with Crippen LogP contribution in [0.1, 0.15) is 2.85 Å². The SMILES string of the molecule is COc1cc(N=Nc2c(N)ccc3cc(S(=O)(=O)[O-])cc(O)c23)c(S(=O)(=O)[O-])cc1NC(=O)Nc1cc(S(=O)(=O)[O-])c(N=Nc2c(N)ccc3cc(S(=O)(=O)[O-])cc(O)c23)cc1OC.[H+].[H+].[K+].[Na+]. The number of phenolic OH excluding ortho intramolecular Hbond substituents is 2. The molecule has 2 amide bonds. The fourth-order valence-electron chi connectivity index (χ4n) is 6.00. The molecular weight excluding hydrogens is 995 g/mol. The predicted octanol–water partition coefficient (Wildman–Crippen LogP) is -1.09. The van der Waals surface area contributed by atoms with Crippen LogP contribution < -0.4 is 113 Å². The zero-order chi connectivity index (χ0) is 47.3. The van der Waals surface area contributed by atoms with E-state index >= 15 is 0 Å². The minimum atomic E-state index is -5.46. The summed E-state index contributed by atoms with van der Waals surface area (Å²) in [7, 11) is -18.8. The Morgan fingerprint density at radius 2 is 0.924 bits per heavy atom. The van der Waals surface area contributed by atoms with Gasteiger partial charge >= 0.3 is 89.8 Å². The monoisotopic (exact) mass is 1020 g/mol. The van der Waals surface area contributed by atoms with Crippen LogP contribution in [0.3, 0.4) is 0 Å². The van der Waals surface area contributed by atoms with E-state index in [0.717, 1.165) is 38.5 Å². The first-order chi connectivity index (χ1) is 29.7. The van der Waals surface area contributed by atoms with E-state index in [0.29, 0.717) is 24.3 Å². The van der Waals surface area contributed by atoms with Crippen LogP contribution in [0.5, 0.6) is 23.0 Å². The van der Waals surface area contributed by atoms with Crippen LogP contribution in [0.2, 0.25) is 0 Å². The molecule has 0 spiro atoms. The Morgan fingerprint density at radius 1 is 0.576 bits per heavy atom. The van der Waals surface area contributed by atoms with Crippen LogP contribution in [-0.4, -0.2) is 82.3 Å². The summed E-state index contributed by atoms with van der Waals surface area (Å²) >= 11 is 0. The van der Waals surface area contributed by atoms with Gasteiger partial charge in [0, 0.05) is 12.1 Å². The summed E-state index contributed by atoms with van der Waals surface area (Å²) in [6.07, 6.45) is 0. The molecule has 0 aliphatic carbocycles. The number of rotatable bonds is 12. The number of aromatic hydroxyl groups is 2. The number of amides is 2. The van der Waals surface area contributed by atoms with Gasteiger partial charge in [-0.1, -0.05) is 12.1 Å². The number of nitrogens with two attached hydrogens (primary N) is 2. The van der Waals surface area contributed by atoms with Crippen molar-refractivity contribution >= 4 is 114 Å². The average molecular weight is 1020 g/mol. The fraction of sp³-hybridized carbons (Fsp3) is 0.0571. The molecule has 8 N–H and O–H groups in total. The molecule has 31 heteroatoms. The molecule has 0 aliphatic rings. The second kappa shape index (κ2) is 20.3. The molecule has 0 saturated heterocycles. The van der Waals surface area contributed by atoms with Crippen LogP contribution >= 0.6 is 0 Å². The van der Waals surface area contributed by atoms with Crippen LogP contribution in [0, 0.1) is 0 Å². The number of urea groups is 1. The standard InChI is InChI=1S/C35H30N8O17S4.K.Na/c1-59-27-11-23(40-42-33-19(36)5-3-15-7-17(61(47,48)49)9-25(44)31(15)33)29(63(53,54)55)13-21(27)38-35(46)39-22-14-30(64(56,57)58)24(12-28(22)60-2)41-43-34-20(37)6-4-16-8-18(62(50,51)52)10-26(45)32(16)34;;/h3-14,44-45H,36-37H2,1-2H3,(H2,38,39,46)(H,47,48,49)(H,50,51,52)(H,53,54,55)(H,56,57,58);;/q;2*+1/p-2. The quantitative estimate of drug-likeness (QED) is 0.0367. The Labute approximate surface area is 441 Å². The first-order valence-corrected chi connectivity index (χ1v) is 22.6. The number of nitrogen functional groups attached to an aromatic ring is 2. The number of carbonyl (C=O) groups is 1. The van der Waals surface area contributed by atoms with Crippen molar-refractivity contribution in [3.63, 3.8) is 0 Å². The zero-order valence-electron chi connectivity index (χ0n) is 36.0. The van der Waals surface area contributed by atoms with E-state index in [4.69, 9.17) is 20.9 Å². The molecule has 336 valence electrons. The third-order valence-electron chi connectivity index (χ3n) is 8.84. The van der Waals surface area contributed by atoms with Crippen LogP contribution in [0.15, 0.2) is 113 Å². The number of methoxy groups -OCH3 is 2. The molecule has 6 aromatic rings. The number of benzene rings is 6. The third-order valence-corrected chi connectivity index (χ3v) is 12.2. The Hall–Kier alpha value is -4.61. The number of azo groups is 2. The maximum atomic E-state index is 13.3. The summed E-state index contributed by atoms with van der Waals surface area (Å²) in [6.45, 7) is 0. The minimum absolute atomic E-state index is 0. The number of hydrogen-bond donors (Lipinski definition) is 6. The van der Waals surface area contributed by atoms with Gasteiger partial charge < -0.3 is 60.0 Å². The van der Waals surface area contributed by atoms with Crippen LogP contribution in [-0.2, 0) is 40.5 Å². The summed E-state index contributed by atoms with van der Waals surface area (Å²) in [5, 5.41) is 40.4. The van der Waals surface area contributed by atoms with Gasteiger partial charge in [0.2, 0.25) is 0 Å². The van der Waals surface area contributed by atoms with Gasteiger partial charge in [-0.25, -0.2) is 38.5 Å². The molecule has 6 rings (SSSR count). The summed E-state index contributed by atoms with van der Waals surface area (Å²) in [5.74, 6) is -2.25. The molecule has 0 aromatic heterocycles. The molecular formula is C35H28KN8NaO17S4. The summed E-state index contributed by atoms with van der Waals surface area (Å²) in [4.78, 5) is 9.56. The topological polar surface area (TPSA) is 430 Å². The Morgan fingerprint density at radius 3 is 1.23 bits per heavy atom. The van der Waals surface area contributed by atoms with Crippen molar-refractivity contribution in [2.45, 2.75) is 19.6 Å². The molecule has 0 heterocycles. The molecule has 6 aromatic carbocycles. The Kier molecular flexibility index (Phi) is 16.6. The van der Waals surface area contributed by atoms with E-state index < -0.39 is 100 Å². The van der Waals surface area contributed by atoms with E-state index in [-0.39, 0.29) is 140 Å². The van der Waals surface area contributed by atoms with Gasteiger partial charge in [-0.2, -0.15) is 0 Å². The van der Waals surface area contributed by atoms with E-state index in [1.54, 1.807) is 0 Å². The van der Waals surface area contributed by atoms with Crippen molar-refractivity contribution in [2.24, 2.45) is 20.5 Å². The Balaban J connectivity index is 0.00000397. The minimum Gasteiger partial charge on any atom is -0.744 e. The van der Waals surface area contributed by atoms with E-state index in [1.165, 1.54) is 24.3 Å². The maximum absolute atomic E-state index is 13.3. The third kappa shape index (κ3) is 11.7. The number of phenols is 2. The molecule has 0 unspecified atom stereocenters. The molecule has 0 radical (unpaired) electrons. The Bertz CT molecular complexity index is 3290. The largest absolute Gasteiger partial charge is 1.00 e. The van der Waals surface area contributed by atoms with Gasteiger partial charge in [0.05, 0.1) is 67.3 Å². The molecule has 0 fully saturated rings. The van der Waals surface area contributed by atoms with Crippen molar-refractivity contribution in [1.29, 1.82) is 0 Å². The number of ether oxygens (including phenoxy) is 2. The molecule has 0 saturated carbocycles. The first kappa shape index (κ1) is 54.0. The van der Waals surface area contributed by atoms with Crippen molar-refractivity contribution in [1.82, 2.24) is 0 Å². The van der Waals surface area contributed by atoms with Gasteiger partial charge in [0.15, 0.2) is 0 Å². The number of nitrogens with one attached hydrogen (secondary N) is 2. The fourth-order valence-corrected chi connectivity index (χ4v) is 8.30. The molecule has 66 heavy (non-hydrogen) atoms. The number of hydrogen-bond acceptors (Lipinski definition) is 23. The molecule has 0 atom stereocenters. The number of carbonyl (C=O) groups excluding carboxylic acids is 1. The van der Waals surface area contributed by atoms with Gasteiger partial charge in [-0.3, -0.25) is 0 Å². The molecule has 25 nitrogen and oxygen atoms in total. The average Bonchev–Trinajstić information content (AvgIpc) is 3.18. The first-order valence-electron chi connectivity index (χ1n) is 17.0. The summed E-state index contributed by atoms with van der Waals surface area (Å²) < 4.78 is 155. The van der Waals surface area contributed by atoms with Crippen molar-refractivity contribution in [2.75, 3.05) is 36.3 Å². The van der Waals surface area contributed by atoms with E-state index in [2.05, 4.69) is 31.1 Å². The maximum Gasteiger partial charge on any atom is 1.00 e. The summed E-state index contributed by atoms with van der Waals surface area (Å²) in [6, 6.07) is 9.67. The smallest absolute Gasteiger partial charge is 0.744 e. The number of fused-ring (bicyclic) bond motifs is 2. The molecule has 0 bridgehead atoms. The normalized spacial score (nSPS) is 12.2. The summed E-state index contributed by atoms with van der Waals surface area (Å²) in [5.41, 5.74) is 8.59. The van der Waals surface area contributed by atoms with Gasteiger partial charge in [-0.05, 0) is 59.3 Å². The van der Waals surface area contributed by atoms with Crippen molar-refractivity contribution in [3.05, 3.63) is 72.8 Å². The van der Waals surface area contributed by atoms with Crippen LogP contribution in [0.4, 0.5) is 50.3 Å². The van der Waals surface area contributed by atoms with E-state index in [1.807, 2.05) is 0 Å². The van der Waals surface area contributed by atoms with Gasteiger partial charge in [0.25, 0.3) is 0 Å². The van der Waals surface area contributed by atoms with Gasteiger partial charge in [-0.15, -0.1) is 20.5 Å². The van der Waals surface area contributed by atoms with Gasteiger partial charge in [0.1, 0.15) is 86.2 Å². The van der Waals surface area contributed by atoms with Crippen LogP contribution in [0.25, 0.3) is 21.5 Å².